The Hall–Kier alpha value is -3.80. The van der Waals surface area contributed by atoms with E-state index >= 15 is 0 Å². The summed E-state index contributed by atoms with van der Waals surface area (Å²) >= 11 is 0. The van der Waals surface area contributed by atoms with Crippen LogP contribution in [0.5, 0.6) is 11.5 Å². The zero-order valence-corrected chi connectivity index (χ0v) is 16.5. The maximum absolute atomic E-state index is 12.6. The molecule has 0 unspecified atom stereocenters. The van der Waals surface area contributed by atoms with Crippen LogP contribution in [0, 0.1) is 6.92 Å². The normalized spacial score (nSPS) is 11.8. The third-order valence-electron chi connectivity index (χ3n) is 4.77. The van der Waals surface area contributed by atoms with Crippen LogP contribution in [-0.4, -0.2) is 25.3 Å². The number of esters is 1. The quantitative estimate of drug-likeness (QED) is 0.633. The Morgan fingerprint density at radius 2 is 1.73 bits per heavy atom. The zero-order chi connectivity index (χ0) is 20.9. The monoisotopic (exact) mass is 403 g/mol. The number of aryl methyl sites for hydroxylation is 1. The maximum Gasteiger partial charge on any atom is 0.339 e. The van der Waals surface area contributed by atoms with Gasteiger partial charge < -0.3 is 19.5 Å². The summed E-state index contributed by atoms with van der Waals surface area (Å²) < 4.78 is 15.8. The van der Waals surface area contributed by atoms with Crippen LogP contribution in [0.15, 0.2) is 66.7 Å². The van der Waals surface area contributed by atoms with Crippen LogP contribution in [0.3, 0.4) is 0 Å². The van der Waals surface area contributed by atoms with Gasteiger partial charge in [-0.15, -0.1) is 0 Å². The summed E-state index contributed by atoms with van der Waals surface area (Å²) in [4.78, 5) is 24.7. The lowest BCUT2D eigenvalue weighted by Gasteiger charge is -2.11. The van der Waals surface area contributed by atoms with E-state index in [0.717, 1.165) is 22.3 Å². The second-order valence-corrected chi connectivity index (χ2v) is 6.95. The van der Waals surface area contributed by atoms with E-state index < -0.39 is 5.97 Å². The first-order chi connectivity index (χ1) is 14.6. The van der Waals surface area contributed by atoms with E-state index in [1.807, 2.05) is 55.5 Å². The summed E-state index contributed by atoms with van der Waals surface area (Å²) in [6, 6.07) is 20.5. The lowest BCUT2D eigenvalue weighted by atomic mass is 9.99. The number of benzene rings is 3. The molecule has 6 heteroatoms. The summed E-state index contributed by atoms with van der Waals surface area (Å²) in [7, 11) is 0. The number of rotatable bonds is 6. The van der Waals surface area contributed by atoms with Crippen LogP contribution in [0.1, 0.15) is 21.5 Å². The third-order valence-corrected chi connectivity index (χ3v) is 4.77. The Morgan fingerprint density at radius 3 is 2.57 bits per heavy atom. The van der Waals surface area contributed by atoms with Crippen molar-refractivity contribution in [3.63, 3.8) is 0 Å². The summed E-state index contributed by atoms with van der Waals surface area (Å²) in [5.74, 6) is 0.422. The molecule has 1 aliphatic heterocycles. The molecule has 0 aliphatic carbocycles. The van der Waals surface area contributed by atoms with Gasteiger partial charge >= 0.3 is 5.97 Å². The summed E-state index contributed by atoms with van der Waals surface area (Å²) in [6.45, 7) is 2.15. The Balaban J connectivity index is 1.34. The minimum absolute atomic E-state index is 0.200. The molecule has 0 bridgehead atoms. The molecule has 3 aromatic carbocycles. The van der Waals surface area contributed by atoms with Crippen molar-refractivity contribution in [2.45, 2.75) is 13.5 Å². The van der Waals surface area contributed by atoms with E-state index in [-0.39, 0.29) is 19.3 Å². The number of hydrogen-bond donors (Lipinski definition) is 1. The van der Waals surface area contributed by atoms with Gasteiger partial charge in [0, 0.05) is 6.54 Å². The van der Waals surface area contributed by atoms with Gasteiger partial charge in [0.05, 0.1) is 5.56 Å². The molecule has 6 nitrogen and oxygen atoms in total. The summed E-state index contributed by atoms with van der Waals surface area (Å²) in [5, 5.41) is 2.74. The first-order valence-corrected chi connectivity index (χ1v) is 9.58. The Kier molecular flexibility index (Phi) is 5.66. The number of carbonyl (C=O) groups excluding carboxylic acids is 2. The van der Waals surface area contributed by atoms with Crippen molar-refractivity contribution < 1.29 is 23.8 Å². The van der Waals surface area contributed by atoms with Crippen LogP contribution in [0.4, 0.5) is 0 Å². The molecule has 0 spiro atoms. The molecule has 152 valence electrons. The van der Waals surface area contributed by atoms with Crippen LogP contribution < -0.4 is 14.8 Å². The molecule has 0 saturated heterocycles. The lowest BCUT2D eigenvalue weighted by Crippen LogP contribution is -2.28. The van der Waals surface area contributed by atoms with Crippen LogP contribution >= 0.6 is 0 Å². The molecule has 30 heavy (non-hydrogen) atoms. The number of hydrogen-bond acceptors (Lipinski definition) is 5. The smallest absolute Gasteiger partial charge is 0.339 e. The minimum atomic E-state index is -0.538. The van der Waals surface area contributed by atoms with Gasteiger partial charge in [-0.3, -0.25) is 4.79 Å². The predicted molar refractivity (Wildman–Crippen MR) is 111 cm³/mol. The van der Waals surface area contributed by atoms with Gasteiger partial charge in [-0.1, -0.05) is 54.1 Å². The second-order valence-electron chi connectivity index (χ2n) is 6.95. The first-order valence-electron chi connectivity index (χ1n) is 9.58. The fraction of sp³-hybridized carbons (Fsp3) is 0.167. The van der Waals surface area contributed by atoms with Crippen molar-refractivity contribution in [3.05, 3.63) is 83.4 Å². The van der Waals surface area contributed by atoms with Gasteiger partial charge in [0.1, 0.15) is 0 Å². The number of amides is 1. The van der Waals surface area contributed by atoms with E-state index in [9.17, 15) is 9.59 Å². The SMILES string of the molecule is Cc1ccc(-c2ccccc2C(=O)OCC(=O)NCc2ccc3c(c2)OCO3)cc1. The number of ether oxygens (including phenoxy) is 3. The largest absolute Gasteiger partial charge is 0.454 e. The molecular weight excluding hydrogens is 382 g/mol. The second kappa shape index (κ2) is 8.69. The zero-order valence-electron chi connectivity index (χ0n) is 16.5. The molecule has 0 aromatic heterocycles. The average Bonchev–Trinajstić information content (AvgIpc) is 3.24. The maximum atomic E-state index is 12.6. The van der Waals surface area contributed by atoms with Crippen LogP contribution in [0.2, 0.25) is 0 Å². The topological polar surface area (TPSA) is 73.9 Å². The Bertz CT molecular complexity index is 1080. The van der Waals surface area contributed by atoms with E-state index in [1.54, 1.807) is 18.2 Å². The van der Waals surface area contributed by atoms with Gasteiger partial charge in [-0.25, -0.2) is 4.79 Å². The highest BCUT2D eigenvalue weighted by atomic mass is 16.7. The lowest BCUT2D eigenvalue weighted by molar-refractivity contribution is -0.124. The standard InChI is InChI=1S/C24H21NO5/c1-16-6-9-18(10-7-16)19-4-2-3-5-20(19)24(27)28-14-23(26)25-13-17-8-11-21-22(12-17)30-15-29-21/h2-12H,13-15H2,1H3,(H,25,26). The highest BCUT2D eigenvalue weighted by Gasteiger charge is 2.16. The molecule has 1 amide bonds. The minimum Gasteiger partial charge on any atom is -0.454 e. The van der Waals surface area contributed by atoms with E-state index in [1.165, 1.54) is 0 Å². The number of nitrogens with one attached hydrogen (secondary N) is 1. The molecule has 4 rings (SSSR count). The third kappa shape index (κ3) is 4.43. The van der Waals surface area contributed by atoms with Crippen molar-refractivity contribution in [3.8, 4) is 22.6 Å². The molecule has 1 heterocycles. The van der Waals surface area contributed by atoms with Gasteiger partial charge in [0.2, 0.25) is 6.79 Å². The van der Waals surface area contributed by atoms with Crippen molar-refractivity contribution in [2.75, 3.05) is 13.4 Å². The number of carbonyl (C=O) groups is 2. The fourth-order valence-corrected chi connectivity index (χ4v) is 3.16. The van der Waals surface area contributed by atoms with E-state index in [4.69, 9.17) is 14.2 Å². The summed E-state index contributed by atoms with van der Waals surface area (Å²) in [6.07, 6.45) is 0. The highest BCUT2D eigenvalue weighted by molar-refractivity contribution is 5.98. The molecular formula is C24H21NO5. The average molecular weight is 403 g/mol. The van der Waals surface area contributed by atoms with Crippen molar-refractivity contribution in [2.24, 2.45) is 0 Å². The van der Waals surface area contributed by atoms with E-state index in [0.29, 0.717) is 23.6 Å². The Labute approximate surface area is 174 Å². The molecule has 1 N–H and O–H groups in total. The van der Waals surface area contributed by atoms with Crippen molar-refractivity contribution in [1.29, 1.82) is 0 Å². The molecule has 0 atom stereocenters. The molecule has 3 aromatic rings. The van der Waals surface area contributed by atoms with Crippen LogP contribution in [0.25, 0.3) is 11.1 Å². The first kappa shape index (κ1) is 19.5. The molecule has 0 radical (unpaired) electrons. The van der Waals surface area contributed by atoms with Crippen LogP contribution in [-0.2, 0) is 16.1 Å². The van der Waals surface area contributed by atoms with Gasteiger partial charge in [0.25, 0.3) is 5.91 Å². The van der Waals surface area contributed by atoms with Gasteiger partial charge in [-0.05, 0) is 41.8 Å². The highest BCUT2D eigenvalue weighted by Crippen LogP contribution is 2.32. The van der Waals surface area contributed by atoms with Gasteiger partial charge in [-0.2, -0.15) is 0 Å². The van der Waals surface area contributed by atoms with Crippen molar-refractivity contribution >= 4 is 11.9 Å². The fourth-order valence-electron chi connectivity index (χ4n) is 3.16. The number of fused-ring (bicyclic) bond motifs is 1. The molecule has 1 aliphatic rings. The molecule has 0 fully saturated rings. The predicted octanol–water partition coefficient (Wildman–Crippen LogP) is 3.86. The van der Waals surface area contributed by atoms with Crippen molar-refractivity contribution in [1.82, 2.24) is 5.32 Å². The van der Waals surface area contributed by atoms with Gasteiger partial charge in [0.15, 0.2) is 18.1 Å². The van der Waals surface area contributed by atoms with E-state index in [2.05, 4.69) is 5.32 Å². The summed E-state index contributed by atoms with van der Waals surface area (Å²) in [5.41, 5.74) is 4.11. The molecule has 0 saturated carbocycles. The Morgan fingerprint density at radius 1 is 0.967 bits per heavy atom.